The number of unbranched alkanes of at least 4 members (excludes halogenated alkanes) is 1. The smallest absolute Gasteiger partial charge is 0.296 e. The van der Waals surface area contributed by atoms with E-state index in [1.807, 2.05) is 6.92 Å². The van der Waals surface area contributed by atoms with E-state index in [4.69, 9.17) is 0 Å². The molecule has 6 nitrogen and oxygen atoms in total. The van der Waals surface area contributed by atoms with Crippen molar-refractivity contribution < 1.29 is 29.1 Å². The highest BCUT2D eigenvalue weighted by Gasteiger charge is 2.22. The number of hydrogen-bond acceptors (Lipinski definition) is 6. The van der Waals surface area contributed by atoms with Crippen LogP contribution in [-0.4, -0.2) is 11.9 Å². The highest BCUT2D eigenvalue weighted by atomic mass is 17.2. The van der Waals surface area contributed by atoms with Crippen molar-refractivity contribution in [3.05, 3.63) is 25.7 Å². The first kappa shape index (κ1) is 17.0. The van der Waals surface area contributed by atoms with Gasteiger partial charge in [-0.2, -0.15) is 0 Å². The minimum atomic E-state index is -0.571. The Hall–Kier alpha value is -1.98. The molecule has 0 saturated carbocycles. The van der Waals surface area contributed by atoms with Gasteiger partial charge in [-0.25, -0.2) is 9.59 Å². The van der Waals surface area contributed by atoms with Crippen molar-refractivity contribution in [2.24, 2.45) is 5.92 Å². The second kappa shape index (κ2) is 11.1. The van der Waals surface area contributed by atoms with Crippen LogP contribution in [0.15, 0.2) is 25.7 Å². The topological polar surface area (TPSA) is 71.1 Å². The molecular weight excluding hydrogens is 252 g/mol. The van der Waals surface area contributed by atoms with Gasteiger partial charge in [0, 0.05) is 0 Å². The molecule has 0 amide bonds. The lowest BCUT2D eigenvalue weighted by molar-refractivity contribution is -0.244. The van der Waals surface area contributed by atoms with Gasteiger partial charge in [0.05, 0.1) is 12.3 Å². The first-order valence-corrected chi connectivity index (χ1v) is 6.10. The fraction of sp³-hybridized carbons (Fsp3) is 0.538. The summed E-state index contributed by atoms with van der Waals surface area (Å²) in [5.74, 6) is -1.51. The fourth-order valence-electron chi connectivity index (χ4n) is 1.40. The molecule has 0 saturated heterocycles. The largest absolute Gasteiger partial charge is 0.358 e. The van der Waals surface area contributed by atoms with E-state index in [0.29, 0.717) is 12.8 Å². The van der Waals surface area contributed by atoms with Crippen molar-refractivity contribution in [2.75, 3.05) is 0 Å². The van der Waals surface area contributed by atoms with Crippen LogP contribution in [-0.2, 0) is 29.1 Å². The average molecular weight is 272 g/mol. The van der Waals surface area contributed by atoms with Gasteiger partial charge >= 0.3 is 11.9 Å². The van der Waals surface area contributed by atoms with Crippen molar-refractivity contribution in [2.45, 2.75) is 39.0 Å². The summed E-state index contributed by atoms with van der Waals surface area (Å²) in [6.07, 6.45) is 4.78. The lowest BCUT2D eigenvalue weighted by Crippen LogP contribution is -2.19. The lowest BCUT2D eigenvalue weighted by atomic mass is 9.97. The molecule has 0 spiro atoms. The molecule has 0 rings (SSSR count). The Morgan fingerprint density at radius 2 is 1.74 bits per heavy atom. The molecular formula is C13H20O6. The summed E-state index contributed by atoms with van der Waals surface area (Å²) >= 11 is 0. The van der Waals surface area contributed by atoms with E-state index >= 15 is 0 Å². The third-order valence-corrected chi connectivity index (χ3v) is 2.34. The highest BCUT2D eigenvalue weighted by Crippen LogP contribution is 2.17. The van der Waals surface area contributed by atoms with Crippen LogP contribution in [0.5, 0.6) is 0 Å². The molecule has 1 unspecified atom stereocenters. The van der Waals surface area contributed by atoms with E-state index in [1.54, 1.807) is 0 Å². The number of carbonyl (C=O) groups is 2. The SMILES string of the molecule is C=COOC(=O)CCC(CCCC)C(=O)OOC=C. The zero-order valence-electron chi connectivity index (χ0n) is 11.1. The Morgan fingerprint density at radius 1 is 1.11 bits per heavy atom. The van der Waals surface area contributed by atoms with Crippen LogP contribution in [0.25, 0.3) is 0 Å². The quantitative estimate of drug-likeness (QED) is 0.327. The van der Waals surface area contributed by atoms with Gasteiger partial charge in [-0.1, -0.05) is 32.9 Å². The molecule has 0 radical (unpaired) electrons. The van der Waals surface area contributed by atoms with Crippen LogP contribution in [0.3, 0.4) is 0 Å². The standard InChI is InChI=1S/C13H20O6/c1-4-7-8-11(13(15)19-17-6-3)9-10-12(14)18-16-5-2/h5-6,11H,2-4,7-10H2,1H3. The normalized spacial score (nSPS) is 11.0. The van der Waals surface area contributed by atoms with Gasteiger partial charge in [-0.15, -0.1) is 0 Å². The van der Waals surface area contributed by atoms with Crippen molar-refractivity contribution >= 4 is 11.9 Å². The molecule has 0 N–H and O–H groups in total. The van der Waals surface area contributed by atoms with Crippen molar-refractivity contribution in [1.29, 1.82) is 0 Å². The predicted octanol–water partition coefficient (Wildman–Crippen LogP) is 2.81. The maximum absolute atomic E-state index is 11.6. The molecule has 0 aromatic rings. The zero-order chi connectivity index (χ0) is 14.5. The van der Waals surface area contributed by atoms with Crippen LogP contribution in [0.2, 0.25) is 0 Å². The Kier molecular flexibility index (Phi) is 9.97. The molecule has 0 aromatic heterocycles. The van der Waals surface area contributed by atoms with Crippen molar-refractivity contribution in [3.63, 3.8) is 0 Å². The molecule has 0 fully saturated rings. The molecule has 0 aromatic carbocycles. The fourth-order valence-corrected chi connectivity index (χ4v) is 1.40. The van der Waals surface area contributed by atoms with Crippen molar-refractivity contribution in [1.82, 2.24) is 0 Å². The molecule has 0 heterocycles. The monoisotopic (exact) mass is 272 g/mol. The van der Waals surface area contributed by atoms with Gasteiger partial charge in [0.1, 0.15) is 12.5 Å². The third kappa shape index (κ3) is 8.70. The summed E-state index contributed by atoms with van der Waals surface area (Å²) in [5.41, 5.74) is 0. The van der Waals surface area contributed by atoms with E-state index < -0.39 is 17.9 Å². The van der Waals surface area contributed by atoms with Gasteiger partial charge in [0.25, 0.3) is 0 Å². The van der Waals surface area contributed by atoms with E-state index in [9.17, 15) is 9.59 Å². The average Bonchev–Trinajstić information content (AvgIpc) is 2.42. The van der Waals surface area contributed by atoms with Gasteiger partial charge in [-0.05, 0) is 12.8 Å². The van der Waals surface area contributed by atoms with Gasteiger partial charge < -0.3 is 0 Å². The van der Waals surface area contributed by atoms with E-state index in [1.165, 1.54) is 0 Å². The summed E-state index contributed by atoms with van der Waals surface area (Å²) in [5, 5.41) is 0. The van der Waals surface area contributed by atoms with Crippen LogP contribution in [0, 0.1) is 5.92 Å². The maximum Gasteiger partial charge on any atom is 0.358 e. The molecule has 108 valence electrons. The molecule has 0 bridgehead atoms. The zero-order valence-corrected chi connectivity index (χ0v) is 11.1. The number of rotatable bonds is 11. The number of carbonyl (C=O) groups excluding carboxylic acids is 2. The minimum absolute atomic E-state index is 0.0470. The lowest BCUT2D eigenvalue weighted by Gasteiger charge is -2.12. The second-order valence-electron chi connectivity index (χ2n) is 3.76. The predicted molar refractivity (Wildman–Crippen MR) is 67.0 cm³/mol. The Balaban J connectivity index is 4.17. The van der Waals surface area contributed by atoms with E-state index in [2.05, 4.69) is 32.7 Å². The van der Waals surface area contributed by atoms with E-state index in [0.717, 1.165) is 25.4 Å². The summed E-state index contributed by atoms with van der Waals surface area (Å²) in [6, 6.07) is 0. The Bertz CT molecular complexity index is 300. The summed E-state index contributed by atoms with van der Waals surface area (Å²) < 4.78 is 0. The molecule has 0 aliphatic rings. The molecule has 0 aliphatic carbocycles. The summed E-state index contributed by atoms with van der Waals surface area (Å²) in [7, 11) is 0. The molecule has 0 aliphatic heterocycles. The molecule has 19 heavy (non-hydrogen) atoms. The maximum atomic E-state index is 11.6. The Morgan fingerprint density at radius 3 is 2.32 bits per heavy atom. The summed E-state index contributed by atoms with van der Waals surface area (Å²) in [4.78, 5) is 40.4. The van der Waals surface area contributed by atoms with E-state index in [-0.39, 0.29) is 6.42 Å². The summed E-state index contributed by atoms with van der Waals surface area (Å²) in [6.45, 7) is 8.50. The van der Waals surface area contributed by atoms with Gasteiger partial charge in [-0.3, -0.25) is 19.6 Å². The van der Waals surface area contributed by atoms with Crippen LogP contribution in [0.4, 0.5) is 0 Å². The first-order valence-electron chi connectivity index (χ1n) is 6.10. The van der Waals surface area contributed by atoms with Crippen LogP contribution in [0.1, 0.15) is 39.0 Å². The highest BCUT2D eigenvalue weighted by molar-refractivity contribution is 5.74. The molecule has 1 atom stereocenters. The van der Waals surface area contributed by atoms with Crippen molar-refractivity contribution in [3.8, 4) is 0 Å². The van der Waals surface area contributed by atoms with Gasteiger partial charge in [0.15, 0.2) is 0 Å². The third-order valence-electron chi connectivity index (χ3n) is 2.34. The second-order valence-corrected chi connectivity index (χ2v) is 3.76. The first-order chi connectivity index (χ1) is 9.15. The Labute approximate surface area is 112 Å². The molecule has 6 heteroatoms. The van der Waals surface area contributed by atoms with Crippen LogP contribution < -0.4 is 0 Å². The number of hydrogen-bond donors (Lipinski definition) is 0. The van der Waals surface area contributed by atoms with Crippen LogP contribution >= 0.6 is 0 Å². The minimum Gasteiger partial charge on any atom is -0.296 e. The van der Waals surface area contributed by atoms with Gasteiger partial charge in [0.2, 0.25) is 0 Å².